The zero-order valence-corrected chi connectivity index (χ0v) is 17.2. The highest BCUT2D eigenvalue weighted by Gasteiger charge is 2.12. The number of carbonyl (C=O) groups excluding carboxylic acids is 1. The molecule has 0 saturated carbocycles. The number of hydrogen-bond donors (Lipinski definition) is 0. The standard InChI is InChI=1S/C20H18ClN3O4S/c1-2-28-12-11-23-17-9-8-15(24(26)27)13-18(17)29-20(23)22-19(25)10-7-14-5-3-4-6-16(14)21/h3-10,13H,2,11-12H2,1H3/b10-7+,22-20?. The van der Waals surface area contributed by atoms with Crippen LogP contribution in [0.15, 0.2) is 53.5 Å². The summed E-state index contributed by atoms with van der Waals surface area (Å²) in [5.41, 5.74) is 1.48. The normalized spacial score (nSPS) is 12.1. The van der Waals surface area contributed by atoms with Gasteiger partial charge in [-0.1, -0.05) is 41.1 Å². The highest BCUT2D eigenvalue weighted by Crippen LogP contribution is 2.23. The van der Waals surface area contributed by atoms with E-state index in [1.807, 2.05) is 23.6 Å². The molecule has 2 aromatic carbocycles. The van der Waals surface area contributed by atoms with Crippen LogP contribution >= 0.6 is 22.9 Å². The largest absolute Gasteiger partial charge is 0.380 e. The molecule has 0 fully saturated rings. The predicted molar refractivity (Wildman–Crippen MR) is 114 cm³/mol. The van der Waals surface area contributed by atoms with Crippen molar-refractivity contribution >= 4 is 50.8 Å². The van der Waals surface area contributed by atoms with Crippen molar-refractivity contribution in [2.75, 3.05) is 13.2 Å². The number of non-ortho nitro benzene ring substituents is 1. The topological polar surface area (TPSA) is 86.7 Å². The molecule has 0 radical (unpaired) electrons. The molecule has 0 unspecified atom stereocenters. The Hall–Kier alpha value is -2.81. The number of nitro groups is 1. The fourth-order valence-corrected chi connectivity index (χ4v) is 3.97. The van der Waals surface area contributed by atoms with E-state index in [-0.39, 0.29) is 5.69 Å². The third-order valence-corrected chi connectivity index (χ3v) is 5.44. The van der Waals surface area contributed by atoms with Crippen molar-refractivity contribution < 1.29 is 14.5 Å². The summed E-state index contributed by atoms with van der Waals surface area (Å²) in [4.78, 5) is 27.6. The molecule has 0 bridgehead atoms. The molecule has 1 heterocycles. The summed E-state index contributed by atoms with van der Waals surface area (Å²) in [7, 11) is 0. The first-order valence-corrected chi connectivity index (χ1v) is 10.1. The molecule has 9 heteroatoms. The first-order chi connectivity index (χ1) is 14.0. The van der Waals surface area contributed by atoms with E-state index in [9.17, 15) is 14.9 Å². The summed E-state index contributed by atoms with van der Waals surface area (Å²) < 4.78 is 7.93. The highest BCUT2D eigenvalue weighted by molar-refractivity contribution is 7.16. The first kappa shape index (κ1) is 20.9. The van der Waals surface area contributed by atoms with Crippen molar-refractivity contribution in [3.63, 3.8) is 0 Å². The fourth-order valence-electron chi connectivity index (χ4n) is 2.68. The first-order valence-electron chi connectivity index (χ1n) is 8.86. The number of rotatable bonds is 7. The number of carbonyl (C=O) groups is 1. The average Bonchev–Trinajstić information content (AvgIpc) is 3.04. The third kappa shape index (κ3) is 5.17. The van der Waals surface area contributed by atoms with Crippen LogP contribution in [0, 0.1) is 10.1 Å². The summed E-state index contributed by atoms with van der Waals surface area (Å²) in [6.07, 6.45) is 2.96. The quantitative estimate of drug-likeness (QED) is 0.239. The van der Waals surface area contributed by atoms with Crippen molar-refractivity contribution in [2.45, 2.75) is 13.5 Å². The van der Waals surface area contributed by atoms with Gasteiger partial charge in [-0.2, -0.15) is 4.99 Å². The average molecular weight is 432 g/mol. The minimum absolute atomic E-state index is 0.00722. The van der Waals surface area contributed by atoms with E-state index in [4.69, 9.17) is 16.3 Å². The number of amides is 1. The van der Waals surface area contributed by atoms with Gasteiger partial charge in [0, 0.05) is 36.4 Å². The molecule has 7 nitrogen and oxygen atoms in total. The third-order valence-electron chi connectivity index (χ3n) is 4.06. The van der Waals surface area contributed by atoms with Crippen molar-refractivity contribution in [1.82, 2.24) is 4.57 Å². The number of fused-ring (bicyclic) bond motifs is 1. The predicted octanol–water partition coefficient (Wildman–Crippen LogP) is 4.44. The second-order valence-electron chi connectivity index (χ2n) is 5.95. The van der Waals surface area contributed by atoms with Crippen LogP contribution in [-0.4, -0.2) is 28.6 Å². The zero-order chi connectivity index (χ0) is 20.8. The molecular formula is C20H18ClN3O4S. The van der Waals surface area contributed by atoms with Crippen LogP contribution < -0.4 is 4.80 Å². The Kier molecular flexibility index (Phi) is 6.92. The maximum absolute atomic E-state index is 12.4. The number of nitro benzene ring substituents is 1. The van der Waals surface area contributed by atoms with Gasteiger partial charge in [0.1, 0.15) is 0 Å². The van der Waals surface area contributed by atoms with Crippen LogP contribution in [0.5, 0.6) is 0 Å². The molecule has 0 atom stereocenters. The molecule has 0 N–H and O–H groups in total. The smallest absolute Gasteiger partial charge is 0.272 e. The summed E-state index contributed by atoms with van der Waals surface area (Å²) in [6, 6.07) is 11.8. The number of hydrogen-bond acceptors (Lipinski definition) is 5. The summed E-state index contributed by atoms with van der Waals surface area (Å²) in [5.74, 6) is -0.448. The van der Waals surface area contributed by atoms with Gasteiger partial charge in [0.25, 0.3) is 11.6 Å². The number of aromatic nitrogens is 1. The van der Waals surface area contributed by atoms with E-state index in [0.29, 0.717) is 39.8 Å². The number of nitrogens with zero attached hydrogens (tertiary/aromatic N) is 3. The van der Waals surface area contributed by atoms with Gasteiger partial charge in [-0.3, -0.25) is 14.9 Å². The second kappa shape index (κ2) is 9.60. The van der Waals surface area contributed by atoms with E-state index in [2.05, 4.69) is 4.99 Å². The van der Waals surface area contributed by atoms with Gasteiger partial charge in [-0.25, -0.2) is 0 Å². The summed E-state index contributed by atoms with van der Waals surface area (Å²) in [6.45, 7) is 3.39. The van der Waals surface area contributed by atoms with Crippen molar-refractivity contribution in [1.29, 1.82) is 0 Å². The van der Waals surface area contributed by atoms with E-state index in [1.54, 1.807) is 24.3 Å². The molecule has 0 saturated heterocycles. The lowest BCUT2D eigenvalue weighted by atomic mass is 10.2. The molecule has 0 spiro atoms. The van der Waals surface area contributed by atoms with Gasteiger partial charge >= 0.3 is 0 Å². The SMILES string of the molecule is CCOCCn1c(=NC(=O)/C=C/c2ccccc2Cl)sc2cc([N+](=O)[O-])ccc21. The van der Waals surface area contributed by atoms with Crippen LogP contribution in [0.1, 0.15) is 12.5 Å². The summed E-state index contributed by atoms with van der Waals surface area (Å²) in [5, 5.41) is 11.6. The minimum Gasteiger partial charge on any atom is -0.380 e. The minimum atomic E-state index is -0.448. The Labute approximate surface area is 175 Å². The molecule has 29 heavy (non-hydrogen) atoms. The number of thiazole rings is 1. The van der Waals surface area contributed by atoms with Crippen LogP contribution in [0.3, 0.4) is 0 Å². The van der Waals surface area contributed by atoms with Gasteiger partial charge in [-0.15, -0.1) is 0 Å². The van der Waals surface area contributed by atoms with Crippen molar-refractivity contribution in [2.24, 2.45) is 4.99 Å². The lowest BCUT2D eigenvalue weighted by Crippen LogP contribution is -2.19. The second-order valence-corrected chi connectivity index (χ2v) is 7.36. The Bertz CT molecular complexity index is 1150. The molecular weight excluding hydrogens is 414 g/mol. The number of benzene rings is 2. The van der Waals surface area contributed by atoms with E-state index in [0.717, 1.165) is 5.52 Å². The maximum atomic E-state index is 12.4. The highest BCUT2D eigenvalue weighted by atomic mass is 35.5. The Morgan fingerprint density at radius 3 is 2.86 bits per heavy atom. The van der Waals surface area contributed by atoms with Gasteiger partial charge in [0.2, 0.25) is 0 Å². The fraction of sp³-hybridized carbons (Fsp3) is 0.200. The van der Waals surface area contributed by atoms with E-state index in [1.165, 1.54) is 29.5 Å². The van der Waals surface area contributed by atoms with Crippen molar-refractivity contribution in [3.8, 4) is 0 Å². The molecule has 3 rings (SSSR count). The Morgan fingerprint density at radius 2 is 2.14 bits per heavy atom. The lowest BCUT2D eigenvalue weighted by molar-refractivity contribution is -0.384. The molecule has 1 amide bonds. The van der Waals surface area contributed by atoms with Crippen LogP contribution in [0.2, 0.25) is 5.02 Å². The van der Waals surface area contributed by atoms with Gasteiger partial charge in [0.05, 0.1) is 21.7 Å². The zero-order valence-electron chi connectivity index (χ0n) is 15.6. The molecule has 150 valence electrons. The van der Waals surface area contributed by atoms with Gasteiger partial charge in [0.15, 0.2) is 4.80 Å². The molecule has 1 aromatic heterocycles. The molecule has 3 aromatic rings. The van der Waals surface area contributed by atoms with E-state index >= 15 is 0 Å². The van der Waals surface area contributed by atoms with Crippen LogP contribution in [0.25, 0.3) is 16.3 Å². The van der Waals surface area contributed by atoms with Gasteiger partial charge in [-0.05, 0) is 30.7 Å². The molecule has 0 aliphatic heterocycles. The Balaban J connectivity index is 1.98. The molecule has 0 aliphatic carbocycles. The van der Waals surface area contributed by atoms with E-state index < -0.39 is 10.8 Å². The van der Waals surface area contributed by atoms with Gasteiger partial charge < -0.3 is 9.30 Å². The monoisotopic (exact) mass is 431 g/mol. The maximum Gasteiger partial charge on any atom is 0.272 e. The lowest BCUT2D eigenvalue weighted by Gasteiger charge is -2.05. The van der Waals surface area contributed by atoms with Crippen LogP contribution in [-0.2, 0) is 16.1 Å². The van der Waals surface area contributed by atoms with Crippen molar-refractivity contribution in [3.05, 3.63) is 74.0 Å². The Morgan fingerprint density at radius 1 is 1.34 bits per heavy atom. The number of ether oxygens (including phenoxy) is 1. The number of halogens is 1. The molecule has 0 aliphatic rings. The van der Waals surface area contributed by atoms with Crippen LogP contribution in [0.4, 0.5) is 5.69 Å². The summed E-state index contributed by atoms with van der Waals surface area (Å²) >= 11 is 7.32.